The van der Waals surface area contributed by atoms with Crippen LogP contribution in [0.25, 0.3) is 32.7 Å². The maximum absolute atomic E-state index is 12.7. The molecule has 1 N–H and O–H groups in total. The van der Waals surface area contributed by atoms with E-state index in [0.717, 1.165) is 39.8 Å². The van der Waals surface area contributed by atoms with Crippen molar-refractivity contribution in [2.75, 3.05) is 0 Å². The number of hydrogen-bond donors (Lipinski definition) is 1. The minimum Gasteiger partial charge on any atom is -0.393 e. The second-order valence-electron chi connectivity index (χ2n) is 6.22. The molecule has 5 rings (SSSR count). The Morgan fingerprint density at radius 1 is 0.741 bits per heavy atom. The monoisotopic (exact) mass is 600 g/mol. The molecule has 0 saturated carbocycles. The maximum atomic E-state index is 12.7. The molecule has 0 bridgehead atoms. The van der Waals surface area contributed by atoms with Crippen LogP contribution in [0.2, 0.25) is 0 Å². The summed E-state index contributed by atoms with van der Waals surface area (Å²) in [4.78, 5) is 10.3. The van der Waals surface area contributed by atoms with Gasteiger partial charge in [0.2, 0.25) is 0 Å². The van der Waals surface area contributed by atoms with Crippen LogP contribution >= 0.6 is 53.0 Å². The summed E-state index contributed by atoms with van der Waals surface area (Å²) in [6.45, 7) is 0. The topological polar surface area (TPSA) is 55.8 Å². The maximum Gasteiger partial charge on any atom is 0.585 e. The lowest BCUT2D eigenvalue weighted by Crippen LogP contribution is -1.99. The van der Waals surface area contributed by atoms with Crippen molar-refractivity contribution >= 4 is 74.5 Å². The van der Waals surface area contributed by atoms with Crippen LogP contribution in [-0.4, -0.2) is 4.89 Å². The van der Waals surface area contributed by atoms with Gasteiger partial charge in [-0.1, -0.05) is 48.5 Å². The Hall–Kier alpha value is -1.35. The largest absolute Gasteiger partial charge is 0.585 e. The van der Waals surface area contributed by atoms with Crippen molar-refractivity contribution in [3.8, 4) is 22.6 Å². The Balaban J connectivity index is 2.08. The van der Waals surface area contributed by atoms with Crippen LogP contribution in [0.4, 0.5) is 0 Å². The zero-order valence-electron chi connectivity index (χ0n) is 13.6. The van der Waals surface area contributed by atoms with Crippen molar-refractivity contribution in [1.82, 2.24) is 0 Å². The number of benzene rings is 4. The Labute approximate surface area is 182 Å². The Morgan fingerprint density at radius 2 is 1.15 bits per heavy atom. The van der Waals surface area contributed by atoms with Crippen LogP contribution < -0.4 is 9.05 Å². The first-order valence-corrected chi connectivity index (χ1v) is 11.7. The average Bonchev–Trinajstić information content (AvgIpc) is 2.76. The second kappa shape index (κ2) is 6.34. The molecule has 0 aliphatic carbocycles. The van der Waals surface area contributed by atoms with Gasteiger partial charge in [0, 0.05) is 11.1 Å². The van der Waals surface area contributed by atoms with E-state index in [9.17, 15) is 9.46 Å². The quantitative estimate of drug-likeness (QED) is 0.180. The molecule has 1 aliphatic heterocycles. The number of fused-ring (bicyclic) bond motifs is 7. The average molecular weight is 600 g/mol. The summed E-state index contributed by atoms with van der Waals surface area (Å²) >= 11 is 4.28. The van der Waals surface area contributed by atoms with Crippen LogP contribution in [0.1, 0.15) is 0 Å². The number of phosphoric acid groups is 1. The zero-order valence-corrected chi connectivity index (χ0v) is 18.9. The lowest BCUT2D eigenvalue weighted by atomic mass is 9.92. The van der Waals surface area contributed by atoms with Crippen molar-refractivity contribution in [3.63, 3.8) is 0 Å². The van der Waals surface area contributed by atoms with Crippen molar-refractivity contribution < 1.29 is 18.5 Å². The molecular formula is C20H11I2O4P. The molecule has 4 aromatic rings. The summed E-state index contributed by atoms with van der Waals surface area (Å²) in [5.74, 6) is 0.761. The summed E-state index contributed by atoms with van der Waals surface area (Å²) < 4.78 is 25.3. The van der Waals surface area contributed by atoms with E-state index < -0.39 is 7.82 Å². The SMILES string of the molecule is O=P1(O)Oc2c(I)cc3ccccc3c2-c2c(c(I)cc3ccccc23)O1. The lowest BCUT2D eigenvalue weighted by molar-refractivity contribution is 0.293. The first-order chi connectivity index (χ1) is 12.9. The molecule has 0 unspecified atom stereocenters. The molecule has 7 heteroatoms. The minimum absolute atomic E-state index is 0.381. The molecule has 0 fully saturated rings. The fourth-order valence-electron chi connectivity index (χ4n) is 3.51. The third-order valence-electron chi connectivity index (χ3n) is 4.58. The smallest absolute Gasteiger partial charge is 0.393 e. The van der Waals surface area contributed by atoms with Gasteiger partial charge in [-0.3, -0.25) is 4.89 Å². The molecule has 0 aromatic heterocycles. The van der Waals surface area contributed by atoms with Gasteiger partial charge in [0.05, 0.1) is 7.14 Å². The predicted octanol–water partition coefficient (Wildman–Crippen LogP) is 6.74. The molecule has 0 amide bonds. The fourth-order valence-corrected chi connectivity index (χ4v) is 6.17. The van der Waals surface area contributed by atoms with Crippen LogP contribution in [0.5, 0.6) is 11.5 Å². The zero-order chi connectivity index (χ0) is 18.8. The first kappa shape index (κ1) is 17.7. The van der Waals surface area contributed by atoms with Gasteiger partial charge >= 0.3 is 7.82 Å². The molecule has 0 spiro atoms. The number of hydrogen-bond acceptors (Lipinski definition) is 3. The first-order valence-electron chi connectivity index (χ1n) is 8.09. The van der Waals surface area contributed by atoms with Gasteiger partial charge in [-0.05, 0) is 78.9 Å². The van der Waals surface area contributed by atoms with E-state index in [-0.39, 0.29) is 0 Å². The third-order valence-corrected chi connectivity index (χ3v) is 7.01. The van der Waals surface area contributed by atoms with Gasteiger partial charge in [0.1, 0.15) is 0 Å². The van der Waals surface area contributed by atoms with Gasteiger partial charge < -0.3 is 9.05 Å². The molecule has 1 heterocycles. The summed E-state index contributed by atoms with van der Waals surface area (Å²) in [7, 11) is -4.31. The highest BCUT2D eigenvalue weighted by molar-refractivity contribution is 14.1. The van der Waals surface area contributed by atoms with Crippen LogP contribution in [0.3, 0.4) is 0 Å². The van der Waals surface area contributed by atoms with E-state index in [1.807, 2.05) is 60.7 Å². The summed E-state index contributed by atoms with van der Waals surface area (Å²) in [5, 5.41) is 3.97. The standard InChI is InChI=1S/C20H11I2O4P/c21-15-9-11-5-1-3-7-13(11)17-18-14-8-4-2-6-12(14)10-16(22)20(18)26-27(23,24)25-19(15)17/h1-10H,(H,23,24). The van der Waals surface area contributed by atoms with Crippen molar-refractivity contribution in [3.05, 3.63) is 67.8 Å². The highest BCUT2D eigenvalue weighted by Crippen LogP contribution is 2.58. The Kier molecular flexibility index (Phi) is 4.16. The predicted molar refractivity (Wildman–Crippen MR) is 123 cm³/mol. The Morgan fingerprint density at radius 3 is 1.59 bits per heavy atom. The normalized spacial score (nSPS) is 14.8. The second-order valence-corrected chi connectivity index (χ2v) is 9.85. The number of halogens is 2. The van der Waals surface area contributed by atoms with Crippen molar-refractivity contribution in [2.45, 2.75) is 0 Å². The van der Waals surface area contributed by atoms with E-state index in [4.69, 9.17) is 9.05 Å². The Bertz CT molecular complexity index is 1210. The molecule has 0 saturated heterocycles. The molecular weight excluding hydrogens is 589 g/mol. The van der Waals surface area contributed by atoms with Crippen molar-refractivity contribution in [1.29, 1.82) is 0 Å². The lowest BCUT2D eigenvalue weighted by Gasteiger charge is -2.15. The van der Waals surface area contributed by atoms with Gasteiger partial charge in [-0.15, -0.1) is 0 Å². The molecule has 0 atom stereocenters. The van der Waals surface area contributed by atoms with Crippen LogP contribution in [0, 0.1) is 7.14 Å². The summed E-state index contributed by atoms with van der Waals surface area (Å²) in [5.41, 5.74) is 1.57. The summed E-state index contributed by atoms with van der Waals surface area (Å²) in [6.07, 6.45) is 0. The molecule has 1 aliphatic rings. The van der Waals surface area contributed by atoms with E-state index in [1.165, 1.54) is 0 Å². The number of phosphoric ester groups is 1. The molecule has 134 valence electrons. The fraction of sp³-hybridized carbons (Fsp3) is 0. The van der Waals surface area contributed by atoms with E-state index in [0.29, 0.717) is 11.5 Å². The highest BCUT2D eigenvalue weighted by atomic mass is 127. The van der Waals surface area contributed by atoms with Crippen LogP contribution in [0.15, 0.2) is 60.7 Å². The molecule has 0 radical (unpaired) electrons. The number of rotatable bonds is 0. The minimum atomic E-state index is -4.31. The van der Waals surface area contributed by atoms with Gasteiger partial charge in [0.15, 0.2) is 11.5 Å². The van der Waals surface area contributed by atoms with E-state index in [1.54, 1.807) is 0 Å². The van der Waals surface area contributed by atoms with E-state index >= 15 is 0 Å². The van der Waals surface area contributed by atoms with E-state index in [2.05, 4.69) is 45.2 Å². The third kappa shape index (κ3) is 2.85. The van der Waals surface area contributed by atoms with Crippen molar-refractivity contribution in [2.24, 2.45) is 0 Å². The van der Waals surface area contributed by atoms with Gasteiger partial charge in [-0.25, -0.2) is 4.57 Å². The highest BCUT2D eigenvalue weighted by Gasteiger charge is 2.36. The van der Waals surface area contributed by atoms with Crippen LogP contribution in [-0.2, 0) is 4.57 Å². The van der Waals surface area contributed by atoms with Gasteiger partial charge in [0.25, 0.3) is 0 Å². The van der Waals surface area contributed by atoms with Gasteiger partial charge in [-0.2, -0.15) is 0 Å². The summed E-state index contributed by atoms with van der Waals surface area (Å²) in [6, 6.07) is 19.8. The molecule has 27 heavy (non-hydrogen) atoms. The molecule has 4 nitrogen and oxygen atoms in total. The molecule has 4 aromatic carbocycles.